The number of aliphatic hydroxyl groups excluding tert-OH is 1. The number of pyridine rings is 2. The van der Waals surface area contributed by atoms with Crippen LogP contribution in [-0.2, 0) is 58.7 Å². The number of rotatable bonds is 12. The van der Waals surface area contributed by atoms with Gasteiger partial charge in [-0.05, 0) is 277 Å². The number of allylic oxidation sites excluding steroid dienone is 4. The lowest BCUT2D eigenvalue weighted by Crippen LogP contribution is -2.53. The van der Waals surface area contributed by atoms with E-state index in [2.05, 4.69) is 255 Å². The number of nitrogens with zero attached hydrogens (tertiary/aromatic N) is 10. The molecule has 4 fully saturated rings. The maximum Gasteiger partial charge on any atom is 0.408 e. The first kappa shape index (κ1) is 111. The van der Waals surface area contributed by atoms with Crippen LogP contribution >= 0.6 is 11.6 Å². The number of hydrogen-bond donors (Lipinski definition) is 5. The number of hydrogen-bond acceptors (Lipinski definition) is 20. The molecule has 33 heteroatoms. The Morgan fingerprint density at radius 3 is 1.17 bits per heavy atom. The zero-order valence-corrected chi connectivity index (χ0v) is 82.9. The number of halogens is 1. The Bertz CT molecular complexity index is 6700. The number of alkyl carbamates (subject to hydrolysis) is 2. The Kier molecular flexibility index (Phi) is 43.1. The highest BCUT2D eigenvalue weighted by molar-refractivity contribution is 7.88. The van der Waals surface area contributed by atoms with Gasteiger partial charge in [-0.3, -0.25) is 33.3 Å². The second-order valence-corrected chi connectivity index (χ2v) is 39.1. The summed E-state index contributed by atoms with van der Waals surface area (Å²) in [4.78, 5) is 128. The first-order chi connectivity index (χ1) is 66.1. The molecule has 2 saturated carbocycles. The highest BCUT2D eigenvalue weighted by Gasteiger charge is 2.63. The van der Waals surface area contributed by atoms with Crippen LogP contribution in [0.2, 0.25) is 5.28 Å². The third kappa shape index (κ3) is 35.8. The van der Waals surface area contributed by atoms with E-state index in [1.165, 1.54) is 38.0 Å². The largest absolute Gasteiger partial charge is 0.459 e. The molecule has 10 rings (SSSR count). The third-order valence-electron chi connectivity index (χ3n) is 21.2. The molecule has 0 unspecified atom stereocenters. The smallest absolute Gasteiger partial charge is 0.408 e. The topological polar surface area (TPSA) is 375 Å². The molecular formula is C106H109ClN14O16S2. The number of ether oxygens (including phenoxy) is 3. The van der Waals surface area contributed by atoms with Gasteiger partial charge in [-0.1, -0.05) is 61.8 Å². The molecule has 6 amide bonds. The van der Waals surface area contributed by atoms with Crippen molar-refractivity contribution >= 4 is 102 Å². The van der Waals surface area contributed by atoms with Crippen molar-refractivity contribution in [2.45, 2.75) is 245 Å². The summed E-state index contributed by atoms with van der Waals surface area (Å²) >= 11 is 5.97. The molecule has 2 aliphatic carbocycles. The number of Topliss-reactive ketones (excluding diaryl/α,β-unsaturated/α-hetero) is 2. The Labute approximate surface area is 821 Å². The van der Waals surface area contributed by atoms with Gasteiger partial charge in [0.05, 0.1) is 46.6 Å². The number of imidazole rings is 2. The zero-order chi connectivity index (χ0) is 102. The van der Waals surface area contributed by atoms with Crippen LogP contribution in [0.1, 0.15) is 198 Å². The number of ketones is 2. The van der Waals surface area contributed by atoms with Gasteiger partial charge in [0.1, 0.15) is 29.4 Å². The number of aromatic nitrogens is 6. The lowest BCUT2D eigenvalue weighted by molar-refractivity contribution is -0.140. The summed E-state index contributed by atoms with van der Waals surface area (Å²) in [6, 6.07) is 4.20. The molecule has 2 saturated heterocycles. The number of carbonyl (C=O) groups excluding carboxylic acids is 8. The summed E-state index contributed by atoms with van der Waals surface area (Å²) in [5.74, 6) is 81.7. The van der Waals surface area contributed by atoms with Crippen LogP contribution in [0.15, 0.2) is 61.0 Å². The molecule has 5 N–H and O–H groups in total. The van der Waals surface area contributed by atoms with Crippen LogP contribution in [0.25, 0.3) is 22.3 Å². The molecule has 4 aliphatic heterocycles. The zero-order valence-electron chi connectivity index (χ0n) is 80.5. The highest BCUT2D eigenvalue weighted by atomic mass is 35.5. The monoisotopic (exact) mass is 1930 g/mol. The second-order valence-electron chi connectivity index (χ2n) is 35.0. The van der Waals surface area contributed by atoms with Gasteiger partial charge in [0.2, 0.25) is 28.9 Å². The van der Waals surface area contributed by atoms with Crippen molar-refractivity contribution in [2.24, 2.45) is 22.7 Å². The van der Waals surface area contributed by atoms with Gasteiger partial charge >= 0.3 is 32.6 Å². The van der Waals surface area contributed by atoms with Crippen molar-refractivity contribution in [1.82, 2.24) is 67.6 Å². The van der Waals surface area contributed by atoms with Crippen LogP contribution in [0.4, 0.5) is 9.59 Å². The first-order valence-electron chi connectivity index (χ1n) is 44.6. The molecule has 4 aromatic heterocycles. The van der Waals surface area contributed by atoms with E-state index in [1.807, 2.05) is 71.6 Å². The van der Waals surface area contributed by atoms with Gasteiger partial charge in [0.25, 0.3) is 6.01 Å². The van der Waals surface area contributed by atoms with Gasteiger partial charge in [0.15, 0.2) is 22.9 Å². The minimum absolute atomic E-state index is 0.00205. The molecule has 0 aromatic carbocycles. The van der Waals surface area contributed by atoms with Crippen LogP contribution < -0.4 is 24.8 Å². The fourth-order valence-electron chi connectivity index (χ4n) is 14.5. The fourth-order valence-corrected chi connectivity index (χ4v) is 16.1. The summed E-state index contributed by atoms with van der Waals surface area (Å²) in [5, 5.41) is 16.3. The lowest BCUT2D eigenvalue weighted by atomic mass is 9.91. The van der Waals surface area contributed by atoms with Gasteiger partial charge in [-0.2, -0.15) is 35.4 Å². The predicted octanol–water partition coefficient (Wildman–Crippen LogP) is 8.66. The summed E-state index contributed by atoms with van der Waals surface area (Å²) in [6.07, 6.45) is 14.6. The molecule has 30 nitrogen and oxygen atoms in total. The number of aliphatic hydroxyl groups is 1. The minimum atomic E-state index is -4.12. The van der Waals surface area contributed by atoms with Crippen molar-refractivity contribution < 1.29 is 74.5 Å². The average Bonchev–Trinajstić information content (AvgIpc) is 1.57. The Morgan fingerprint density at radius 1 is 0.489 bits per heavy atom. The fraction of sp³-hybridized carbons (Fsp3) is 0.453. The van der Waals surface area contributed by atoms with E-state index < -0.39 is 126 Å². The molecule has 8 heterocycles. The minimum Gasteiger partial charge on any atom is -0.459 e. The van der Waals surface area contributed by atoms with Crippen molar-refractivity contribution in [3.63, 3.8) is 0 Å². The van der Waals surface area contributed by atoms with Crippen molar-refractivity contribution in [1.29, 1.82) is 0 Å². The van der Waals surface area contributed by atoms with Gasteiger partial charge in [-0.25, -0.2) is 29.0 Å². The van der Waals surface area contributed by atoms with Gasteiger partial charge in [0, 0.05) is 180 Å². The van der Waals surface area contributed by atoms with E-state index >= 15 is 0 Å². The Morgan fingerprint density at radius 2 is 0.827 bits per heavy atom. The molecule has 10 atom stereocenters. The first-order valence-corrected chi connectivity index (χ1v) is 47.8. The SMILES string of the molecule is CC#CC#CC#CC#CC#CC#CC#CC#CC#CC#CC#CC#CC#CC#CC#CC#CC#CC.CC(C)n1c(Cl)nc2ncccc21.CC(C)n1c(O[C@@H]2C[C@H]3C(=O)C[C@]4(C(=O)NS(=O)(=O)N(C)C)C[C@H]4/C=C\CCCCC[C@H](NC(=O)OC(C)(C)C)C(=O)N3C2)nc2ncccc21.CN(C)S(=O)(=O)NC(=O)[C@]12CC(=O)[C@@H]3C[C@@H](O)CN3C(=O)[C@@H](NC(=O)OC(C)(C)C)CCCCC/C=C\[C@@H]1C2. The van der Waals surface area contributed by atoms with E-state index in [1.54, 1.807) is 67.8 Å². The number of amides is 6. The number of fused-ring (bicyclic) bond motifs is 6. The van der Waals surface area contributed by atoms with Crippen molar-refractivity contribution in [3.05, 3.63) is 66.2 Å². The van der Waals surface area contributed by atoms with E-state index in [-0.39, 0.29) is 56.7 Å². The predicted molar refractivity (Wildman–Crippen MR) is 528 cm³/mol. The number of nitrogens with one attached hydrogen (secondary N) is 4. The Hall–Kier alpha value is -15.1. The highest BCUT2D eigenvalue weighted by Crippen LogP contribution is 2.58. The number of carbonyl (C=O) groups is 8. The lowest BCUT2D eigenvalue weighted by Gasteiger charge is -2.30. The molecule has 0 bridgehead atoms. The normalized spacial score (nSPS) is 20.8. The second kappa shape index (κ2) is 54.0. The van der Waals surface area contributed by atoms with E-state index in [0.717, 1.165) is 51.7 Å². The molecule has 4 aromatic rings. The molecule has 139 heavy (non-hydrogen) atoms. The summed E-state index contributed by atoms with van der Waals surface area (Å²) in [6.45, 7) is 21.8. The van der Waals surface area contributed by atoms with Gasteiger partial charge < -0.3 is 44.3 Å². The quantitative estimate of drug-likeness (QED) is 0.0654. The van der Waals surface area contributed by atoms with E-state index in [9.17, 15) is 60.3 Å². The maximum atomic E-state index is 14.4. The molecule has 0 spiro atoms. The maximum absolute atomic E-state index is 14.4. The van der Waals surface area contributed by atoms with Crippen molar-refractivity contribution in [3.8, 4) is 207 Å². The summed E-state index contributed by atoms with van der Waals surface area (Å²) < 4.78 is 77.3. The molecule has 718 valence electrons. The summed E-state index contributed by atoms with van der Waals surface area (Å²) in [7, 11) is -2.97. The molecule has 6 aliphatic rings. The van der Waals surface area contributed by atoms with E-state index in [4.69, 9.17) is 25.8 Å². The molecule has 0 radical (unpaired) electrons. The molecular weight excluding hydrogens is 1820 g/mol. The van der Waals surface area contributed by atoms with Crippen molar-refractivity contribution in [2.75, 3.05) is 41.3 Å². The van der Waals surface area contributed by atoms with Crippen LogP contribution in [0.5, 0.6) is 6.01 Å². The Balaban J connectivity index is 0.000000269. The van der Waals surface area contributed by atoms with Gasteiger partial charge in [-0.15, -0.1) is 0 Å². The van der Waals surface area contributed by atoms with E-state index in [0.29, 0.717) is 73.6 Å². The average molecular weight is 1930 g/mol. The summed E-state index contributed by atoms with van der Waals surface area (Å²) in [5.41, 5.74) is -1.14. The van der Waals surface area contributed by atoms with Crippen LogP contribution in [0.3, 0.4) is 0 Å². The standard InChI is InChI=1S/C36H6.C35H51N7O8S.C26H42N4O8S.C9H10ClN3/c1-3-5-7-9-11-13-15-17-19-21-23-25-27-29-31-33-35-36-34-32-30-28-26-24-22-20-18-16-14-12-10-8-6-4-2;1-22(2)42-26-16-13-17-36-29(26)38-32(42)49-24-18-27-28(43)20-35(31(45)39-51(47,48)40(6)7)19-23(35)14-11-9-8-10-12-15-25(30(44)41(27)21-24)37-33(46)50-34(3,4)5;1-25(2,3)38-24(35)27-19-12-10-8-6-7-9-11-17-14-26(17,23(34)28-39(36,37)29(4)5)15-21(32)20-13-18(31)16-30(20)22(19)33;1-6(2)13-7-4-3-5-11-8(7)12-9(13)10/h1-2H3;11,13-14,16-17,22-25,27H,8-10,12,15,18-21H2,1-7H3,(H,37,46)(H,39,45);9,11,17-20,31H,6-8,10,12-16H2,1-5H3,(H,27,35)(H,28,34);3-6H,1-2H3/b;14-11-;11-9-;/t;23-,24-,25+,27+,35-;17-,18-,19+,20+,26-;/m.11./s1. The third-order valence-corrected chi connectivity index (χ3v) is 24.3. The van der Waals surface area contributed by atoms with Crippen LogP contribution in [0, 0.1) is 224 Å². The van der Waals surface area contributed by atoms with Crippen LogP contribution in [-0.4, -0.2) is 206 Å².